The molecule has 0 fully saturated rings. The number of alkyl halides is 3. The minimum atomic E-state index is -4.52. The van der Waals surface area contributed by atoms with Gasteiger partial charge in [0.05, 0.1) is 0 Å². The van der Waals surface area contributed by atoms with Crippen molar-refractivity contribution in [3.63, 3.8) is 0 Å². The zero-order chi connectivity index (χ0) is 11.7. The van der Waals surface area contributed by atoms with Gasteiger partial charge in [-0.3, -0.25) is 0 Å². The van der Waals surface area contributed by atoms with E-state index in [1.54, 1.807) is 6.08 Å². The lowest BCUT2D eigenvalue weighted by molar-refractivity contribution is -0.261. The zero-order valence-corrected chi connectivity index (χ0v) is 9.01. The molecule has 15 heavy (non-hydrogen) atoms. The van der Waals surface area contributed by atoms with Gasteiger partial charge in [-0.15, -0.1) is 0 Å². The molecule has 0 aliphatic heterocycles. The van der Waals surface area contributed by atoms with Gasteiger partial charge in [0.15, 0.2) is 5.60 Å². The lowest BCUT2D eigenvalue weighted by Gasteiger charge is -2.29. The summed E-state index contributed by atoms with van der Waals surface area (Å²) in [6, 6.07) is 0. The smallest absolute Gasteiger partial charge is 0.380 e. The standard InChI is InChI=1S/C11H17F3O/c1-8(2)9-4-3-6-10(15,7-5-9)11(12,13)14/h3-4,8-9,15H,5-7H2,1-2H3. The maximum absolute atomic E-state index is 12.6. The predicted octanol–water partition coefficient (Wildman–Crippen LogP) is 3.29. The first kappa shape index (κ1) is 12.6. The van der Waals surface area contributed by atoms with Gasteiger partial charge >= 0.3 is 6.18 Å². The average Bonchev–Trinajstić information content (AvgIpc) is 2.26. The van der Waals surface area contributed by atoms with Crippen molar-refractivity contribution in [2.45, 2.75) is 44.9 Å². The summed E-state index contributed by atoms with van der Waals surface area (Å²) >= 11 is 0. The molecule has 1 aliphatic rings. The van der Waals surface area contributed by atoms with Gasteiger partial charge in [-0.1, -0.05) is 26.0 Å². The van der Waals surface area contributed by atoms with E-state index in [1.807, 2.05) is 13.8 Å². The second kappa shape index (κ2) is 4.16. The fourth-order valence-electron chi connectivity index (χ4n) is 1.85. The molecule has 0 saturated heterocycles. The van der Waals surface area contributed by atoms with Gasteiger partial charge in [-0.2, -0.15) is 13.2 Å². The van der Waals surface area contributed by atoms with Gasteiger partial charge in [-0.25, -0.2) is 0 Å². The summed E-state index contributed by atoms with van der Waals surface area (Å²) in [5, 5.41) is 9.51. The monoisotopic (exact) mass is 222 g/mol. The minimum Gasteiger partial charge on any atom is -0.380 e. The average molecular weight is 222 g/mol. The first-order chi connectivity index (χ1) is 6.76. The van der Waals surface area contributed by atoms with E-state index >= 15 is 0 Å². The fourth-order valence-corrected chi connectivity index (χ4v) is 1.85. The Labute approximate surface area is 88.0 Å². The molecule has 0 aromatic heterocycles. The predicted molar refractivity (Wildman–Crippen MR) is 52.3 cm³/mol. The number of aliphatic hydroxyl groups is 1. The van der Waals surface area contributed by atoms with Crippen LogP contribution in [0.1, 0.15) is 33.1 Å². The van der Waals surface area contributed by atoms with Crippen LogP contribution in [0, 0.1) is 11.8 Å². The van der Waals surface area contributed by atoms with Crippen LogP contribution < -0.4 is 0 Å². The largest absolute Gasteiger partial charge is 0.417 e. The molecule has 1 N–H and O–H groups in total. The van der Waals surface area contributed by atoms with E-state index in [1.165, 1.54) is 6.08 Å². The van der Waals surface area contributed by atoms with Gasteiger partial charge in [0.2, 0.25) is 0 Å². The van der Waals surface area contributed by atoms with Crippen LogP contribution in [0.2, 0.25) is 0 Å². The quantitative estimate of drug-likeness (QED) is 0.675. The molecule has 1 nitrogen and oxygen atoms in total. The van der Waals surface area contributed by atoms with E-state index in [-0.39, 0.29) is 18.8 Å². The van der Waals surface area contributed by atoms with Crippen molar-refractivity contribution in [2.24, 2.45) is 11.8 Å². The highest BCUT2D eigenvalue weighted by Crippen LogP contribution is 2.40. The molecule has 1 aliphatic carbocycles. The normalized spacial score (nSPS) is 33.1. The zero-order valence-electron chi connectivity index (χ0n) is 9.01. The maximum Gasteiger partial charge on any atom is 0.417 e. The molecule has 0 aromatic carbocycles. The van der Waals surface area contributed by atoms with Crippen LogP contribution in [0.25, 0.3) is 0 Å². The van der Waals surface area contributed by atoms with Gasteiger partial charge in [0, 0.05) is 6.42 Å². The Balaban J connectivity index is 2.75. The summed E-state index contributed by atoms with van der Waals surface area (Å²) < 4.78 is 37.7. The second-order valence-electron chi connectivity index (χ2n) is 4.61. The van der Waals surface area contributed by atoms with Crippen molar-refractivity contribution in [1.82, 2.24) is 0 Å². The van der Waals surface area contributed by atoms with Crippen LogP contribution in [-0.4, -0.2) is 16.9 Å². The molecular formula is C11H17F3O. The van der Waals surface area contributed by atoms with Gasteiger partial charge in [0.1, 0.15) is 0 Å². The molecule has 0 bridgehead atoms. The maximum atomic E-state index is 12.6. The summed E-state index contributed by atoms with van der Waals surface area (Å²) in [6.45, 7) is 3.96. The van der Waals surface area contributed by atoms with Crippen molar-refractivity contribution in [3.8, 4) is 0 Å². The van der Waals surface area contributed by atoms with Crippen LogP contribution in [-0.2, 0) is 0 Å². The first-order valence-corrected chi connectivity index (χ1v) is 5.22. The molecule has 2 atom stereocenters. The summed E-state index contributed by atoms with van der Waals surface area (Å²) in [5.74, 6) is 0.457. The first-order valence-electron chi connectivity index (χ1n) is 5.22. The third-order valence-corrected chi connectivity index (χ3v) is 3.11. The Morgan fingerprint density at radius 1 is 1.40 bits per heavy atom. The van der Waals surface area contributed by atoms with Crippen LogP contribution in [0.5, 0.6) is 0 Å². The van der Waals surface area contributed by atoms with Crippen LogP contribution in [0.3, 0.4) is 0 Å². The number of hydrogen-bond donors (Lipinski definition) is 1. The van der Waals surface area contributed by atoms with E-state index in [9.17, 15) is 18.3 Å². The highest BCUT2D eigenvalue weighted by molar-refractivity contribution is 5.02. The molecule has 2 unspecified atom stereocenters. The van der Waals surface area contributed by atoms with Crippen molar-refractivity contribution in [3.05, 3.63) is 12.2 Å². The Morgan fingerprint density at radius 2 is 2.00 bits per heavy atom. The number of allylic oxidation sites excluding steroid dienone is 1. The summed E-state index contributed by atoms with van der Waals surface area (Å²) in [7, 11) is 0. The molecule has 0 heterocycles. The van der Waals surface area contributed by atoms with E-state index in [0.29, 0.717) is 12.3 Å². The second-order valence-corrected chi connectivity index (χ2v) is 4.61. The topological polar surface area (TPSA) is 20.2 Å². The number of hydrogen-bond acceptors (Lipinski definition) is 1. The third kappa shape index (κ3) is 2.74. The molecule has 0 radical (unpaired) electrons. The van der Waals surface area contributed by atoms with E-state index in [0.717, 1.165) is 0 Å². The molecule has 0 aromatic rings. The minimum absolute atomic E-state index is 0.140. The Bertz CT molecular complexity index is 245. The molecule has 4 heteroatoms. The van der Waals surface area contributed by atoms with E-state index in [2.05, 4.69) is 0 Å². The summed E-state index contributed by atoms with van der Waals surface area (Å²) in [5.41, 5.74) is -2.52. The molecule has 88 valence electrons. The van der Waals surface area contributed by atoms with Gasteiger partial charge in [-0.05, 0) is 24.7 Å². The number of halogens is 3. The van der Waals surface area contributed by atoms with Crippen molar-refractivity contribution < 1.29 is 18.3 Å². The van der Waals surface area contributed by atoms with Gasteiger partial charge < -0.3 is 5.11 Å². The van der Waals surface area contributed by atoms with Crippen LogP contribution >= 0.6 is 0 Å². The Morgan fingerprint density at radius 3 is 2.47 bits per heavy atom. The number of rotatable bonds is 1. The van der Waals surface area contributed by atoms with Crippen molar-refractivity contribution in [2.75, 3.05) is 0 Å². The summed E-state index contributed by atoms with van der Waals surface area (Å²) in [6.07, 6.45) is -1.39. The SMILES string of the molecule is CC(C)C1C=CCC(O)(C(F)(F)F)CC1. The molecular weight excluding hydrogens is 205 g/mol. The van der Waals surface area contributed by atoms with Gasteiger partial charge in [0.25, 0.3) is 0 Å². The lowest BCUT2D eigenvalue weighted by atomic mass is 9.88. The Hall–Kier alpha value is -0.510. The fraction of sp³-hybridized carbons (Fsp3) is 0.818. The van der Waals surface area contributed by atoms with E-state index < -0.39 is 11.8 Å². The third-order valence-electron chi connectivity index (χ3n) is 3.11. The highest BCUT2D eigenvalue weighted by atomic mass is 19.4. The van der Waals surface area contributed by atoms with Crippen molar-refractivity contribution in [1.29, 1.82) is 0 Å². The molecule has 0 saturated carbocycles. The van der Waals surface area contributed by atoms with Crippen LogP contribution in [0.15, 0.2) is 12.2 Å². The molecule has 1 rings (SSSR count). The lowest BCUT2D eigenvalue weighted by Crippen LogP contribution is -2.44. The Kier molecular flexibility index (Phi) is 3.48. The van der Waals surface area contributed by atoms with Crippen LogP contribution in [0.4, 0.5) is 13.2 Å². The molecule has 0 amide bonds. The van der Waals surface area contributed by atoms with Crippen molar-refractivity contribution >= 4 is 0 Å². The van der Waals surface area contributed by atoms with E-state index in [4.69, 9.17) is 0 Å². The molecule has 0 spiro atoms. The highest BCUT2D eigenvalue weighted by Gasteiger charge is 2.52. The summed E-state index contributed by atoms with van der Waals surface area (Å²) in [4.78, 5) is 0.